The normalized spacial score (nSPS) is 20.2. The SMILES string of the molecule is CN1CCOC(c2nc(-c3ccc(CN)cc3)cs2)C1. The van der Waals surface area contributed by atoms with E-state index in [2.05, 4.69) is 41.6 Å². The molecule has 0 spiro atoms. The number of hydrogen-bond donors (Lipinski definition) is 1. The van der Waals surface area contributed by atoms with Crippen LogP contribution in [0.5, 0.6) is 0 Å². The van der Waals surface area contributed by atoms with Crippen LogP contribution in [-0.4, -0.2) is 36.6 Å². The van der Waals surface area contributed by atoms with Crippen LogP contribution in [0.4, 0.5) is 0 Å². The maximum atomic E-state index is 5.81. The lowest BCUT2D eigenvalue weighted by atomic mass is 10.1. The minimum Gasteiger partial charge on any atom is -0.368 e. The van der Waals surface area contributed by atoms with Crippen molar-refractivity contribution in [3.63, 3.8) is 0 Å². The van der Waals surface area contributed by atoms with E-state index < -0.39 is 0 Å². The van der Waals surface area contributed by atoms with E-state index in [-0.39, 0.29) is 6.10 Å². The molecule has 1 saturated heterocycles. The van der Waals surface area contributed by atoms with Gasteiger partial charge in [-0.15, -0.1) is 11.3 Å². The highest BCUT2D eigenvalue weighted by molar-refractivity contribution is 7.10. The Balaban J connectivity index is 1.78. The third kappa shape index (κ3) is 2.91. The van der Waals surface area contributed by atoms with E-state index in [1.54, 1.807) is 11.3 Å². The molecule has 0 aliphatic carbocycles. The minimum absolute atomic E-state index is 0.107. The van der Waals surface area contributed by atoms with Crippen molar-refractivity contribution in [3.8, 4) is 11.3 Å². The van der Waals surface area contributed by atoms with Gasteiger partial charge in [-0.05, 0) is 12.6 Å². The predicted molar refractivity (Wildman–Crippen MR) is 81.6 cm³/mol. The predicted octanol–water partition coefficient (Wildman–Crippen LogP) is 2.27. The number of rotatable bonds is 3. The molecule has 0 amide bonds. The number of hydrogen-bond acceptors (Lipinski definition) is 5. The van der Waals surface area contributed by atoms with E-state index >= 15 is 0 Å². The summed E-state index contributed by atoms with van der Waals surface area (Å²) in [4.78, 5) is 7.01. The molecule has 20 heavy (non-hydrogen) atoms. The van der Waals surface area contributed by atoms with Crippen molar-refractivity contribution in [1.29, 1.82) is 0 Å². The van der Waals surface area contributed by atoms with Crippen molar-refractivity contribution in [1.82, 2.24) is 9.88 Å². The molecule has 1 atom stereocenters. The second kappa shape index (κ2) is 6.01. The highest BCUT2D eigenvalue weighted by atomic mass is 32.1. The zero-order chi connectivity index (χ0) is 13.9. The third-order valence-electron chi connectivity index (χ3n) is 3.55. The Kier molecular flexibility index (Phi) is 4.12. The molecule has 0 saturated carbocycles. The van der Waals surface area contributed by atoms with Gasteiger partial charge in [0.25, 0.3) is 0 Å². The topological polar surface area (TPSA) is 51.4 Å². The van der Waals surface area contributed by atoms with Gasteiger partial charge in [0.05, 0.1) is 12.3 Å². The molecule has 1 aromatic heterocycles. The van der Waals surface area contributed by atoms with Crippen molar-refractivity contribution >= 4 is 11.3 Å². The average molecular weight is 289 g/mol. The monoisotopic (exact) mass is 289 g/mol. The average Bonchev–Trinajstić information content (AvgIpc) is 2.97. The second-order valence-corrected chi connectivity index (χ2v) is 5.98. The molecule has 2 heterocycles. The Bertz CT molecular complexity index is 567. The van der Waals surface area contributed by atoms with Crippen molar-refractivity contribution in [3.05, 3.63) is 40.2 Å². The first-order valence-corrected chi connectivity index (χ1v) is 7.69. The Morgan fingerprint density at radius 2 is 2.20 bits per heavy atom. The van der Waals surface area contributed by atoms with Crippen LogP contribution in [0.3, 0.4) is 0 Å². The van der Waals surface area contributed by atoms with E-state index in [1.807, 2.05) is 0 Å². The van der Waals surface area contributed by atoms with Gasteiger partial charge in [0.1, 0.15) is 11.1 Å². The zero-order valence-corrected chi connectivity index (χ0v) is 12.4. The first-order chi connectivity index (χ1) is 9.76. The van der Waals surface area contributed by atoms with Gasteiger partial charge in [0, 0.05) is 30.6 Å². The van der Waals surface area contributed by atoms with E-state index in [9.17, 15) is 0 Å². The molecule has 1 fully saturated rings. The Morgan fingerprint density at radius 1 is 1.40 bits per heavy atom. The number of thiazole rings is 1. The quantitative estimate of drug-likeness (QED) is 0.942. The van der Waals surface area contributed by atoms with Crippen LogP contribution < -0.4 is 5.73 Å². The van der Waals surface area contributed by atoms with E-state index in [0.717, 1.165) is 41.5 Å². The van der Waals surface area contributed by atoms with Crippen molar-refractivity contribution in [2.24, 2.45) is 5.73 Å². The Morgan fingerprint density at radius 3 is 2.90 bits per heavy atom. The van der Waals surface area contributed by atoms with Crippen LogP contribution in [0.1, 0.15) is 16.7 Å². The number of likely N-dealkylation sites (N-methyl/N-ethyl adjacent to an activating group) is 1. The fourth-order valence-electron chi connectivity index (χ4n) is 2.31. The van der Waals surface area contributed by atoms with Gasteiger partial charge in [-0.25, -0.2) is 4.98 Å². The molecule has 1 unspecified atom stereocenters. The summed E-state index contributed by atoms with van der Waals surface area (Å²) in [6.45, 7) is 3.26. The Hall–Kier alpha value is -1.27. The van der Waals surface area contributed by atoms with Crippen LogP contribution in [-0.2, 0) is 11.3 Å². The zero-order valence-electron chi connectivity index (χ0n) is 11.6. The van der Waals surface area contributed by atoms with Crippen LogP contribution in [0.2, 0.25) is 0 Å². The van der Waals surface area contributed by atoms with Crippen LogP contribution in [0.25, 0.3) is 11.3 Å². The molecule has 5 heteroatoms. The number of nitrogens with two attached hydrogens (primary N) is 1. The smallest absolute Gasteiger partial charge is 0.124 e. The minimum atomic E-state index is 0.107. The molecule has 0 radical (unpaired) electrons. The number of morpholine rings is 1. The lowest BCUT2D eigenvalue weighted by molar-refractivity contribution is -0.0209. The highest BCUT2D eigenvalue weighted by Crippen LogP contribution is 2.29. The molecule has 0 bridgehead atoms. The number of aromatic nitrogens is 1. The Labute approximate surface area is 123 Å². The van der Waals surface area contributed by atoms with E-state index in [0.29, 0.717) is 6.54 Å². The highest BCUT2D eigenvalue weighted by Gasteiger charge is 2.22. The first kappa shape index (κ1) is 13.7. The molecular formula is C15H19N3OS. The summed E-state index contributed by atoms with van der Waals surface area (Å²) >= 11 is 1.68. The van der Waals surface area contributed by atoms with Crippen molar-refractivity contribution < 1.29 is 4.74 Å². The van der Waals surface area contributed by atoms with Gasteiger partial charge < -0.3 is 15.4 Å². The summed E-state index contributed by atoms with van der Waals surface area (Å²) in [7, 11) is 2.12. The summed E-state index contributed by atoms with van der Waals surface area (Å²) in [6.07, 6.45) is 0.107. The van der Waals surface area contributed by atoms with Crippen LogP contribution in [0, 0.1) is 0 Å². The van der Waals surface area contributed by atoms with Gasteiger partial charge in [0.2, 0.25) is 0 Å². The largest absolute Gasteiger partial charge is 0.368 e. The lowest BCUT2D eigenvalue weighted by Gasteiger charge is -2.28. The van der Waals surface area contributed by atoms with E-state index in [1.165, 1.54) is 0 Å². The van der Waals surface area contributed by atoms with Gasteiger partial charge >= 0.3 is 0 Å². The molecule has 106 valence electrons. The molecular weight excluding hydrogens is 270 g/mol. The number of ether oxygens (including phenoxy) is 1. The van der Waals surface area contributed by atoms with Gasteiger partial charge in [-0.1, -0.05) is 24.3 Å². The number of benzene rings is 1. The molecule has 1 aliphatic heterocycles. The molecule has 4 nitrogen and oxygen atoms in total. The molecule has 1 aromatic carbocycles. The number of nitrogens with zero attached hydrogens (tertiary/aromatic N) is 2. The van der Waals surface area contributed by atoms with Gasteiger partial charge in [-0.3, -0.25) is 0 Å². The maximum Gasteiger partial charge on any atom is 0.124 e. The summed E-state index contributed by atoms with van der Waals surface area (Å²) < 4.78 is 5.81. The fraction of sp³-hybridized carbons (Fsp3) is 0.400. The molecule has 2 N–H and O–H groups in total. The van der Waals surface area contributed by atoms with Gasteiger partial charge in [-0.2, -0.15) is 0 Å². The summed E-state index contributed by atoms with van der Waals surface area (Å²) in [5, 5.41) is 3.17. The van der Waals surface area contributed by atoms with Gasteiger partial charge in [0.15, 0.2) is 0 Å². The third-order valence-corrected chi connectivity index (χ3v) is 4.49. The van der Waals surface area contributed by atoms with Crippen LogP contribution >= 0.6 is 11.3 Å². The van der Waals surface area contributed by atoms with Crippen molar-refractivity contribution in [2.45, 2.75) is 12.6 Å². The summed E-state index contributed by atoms with van der Waals surface area (Å²) in [5.41, 5.74) is 8.91. The lowest BCUT2D eigenvalue weighted by Crippen LogP contribution is -2.35. The first-order valence-electron chi connectivity index (χ1n) is 6.81. The summed E-state index contributed by atoms with van der Waals surface area (Å²) in [6, 6.07) is 8.27. The molecule has 3 rings (SSSR count). The molecule has 2 aromatic rings. The van der Waals surface area contributed by atoms with E-state index in [4.69, 9.17) is 15.5 Å². The molecule has 1 aliphatic rings. The summed E-state index contributed by atoms with van der Waals surface area (Å²) in [5.74, 6) is 0. The maximum absolute atomic E-state index is 5.81. The standard InChI is InChI=1S/C15H19N3OS/c1-18-6-7-19-14(9-18)15-17-13(10-20-15)12-4-2-11(8-16)3-5-12/h2-5,10,14H,6-9,16H2,1H3. The second-order valence-electron chi connectivity index (χ2n) is 5.09. The van der Waals surface area contributed by atoms with Crippen molar-refractivity contribution in [2.75, 3.05) is 26.7 Å². The fourth-order valence-corrected chi connectivity index (χ4v) is 3.17. The van der Waals surface area contributed by atoms with Crippen LogP contribution in [0.15, 0.2) is 29.6 Å².